The van der Waals surface area contributed by atoms with Gasteiger partial charge in [-0.3, -0.25) is 4.90 Å². The second-order valence-corrected chi connectivity index (χ2v) is 5.07. The highest BCUT2D eigenvalue weighted by Crippen LogP contribution is 2.32. The average Bonchev–Trinajstić information content (AvgIpc) is 2.72. The summed E-state index contributed by atoms with van der Waals surface area (Å²) in [6.07, 6.45) is 6.91. The lowest BCUT2D eigenvalue weighted by atomic mass is 9.84. The minimum absolute atomic E-state index is 0.851. The maximum Gasteiger partial charge on any atom is 0.116 e. The number of aromatic nitrogens is 1. The van der Waals surface area contributed by atoms with Gasteiger partial charge in [0.05, 0.1) is 0 Å². The molecular weight excluding hydrogens is 192 g/mol. The molecule has 0 aliphatic carbocycles. The van der Waals surface area contributed by atoms with Gasteiger partial charge in [-0.2, -0.15) is 0 Å². The fourth-order valence-corrected chi connectivity index (χ4v) is 3.08. The third-order valence-electron chi connectivity index (χ3n) is 3.28. The van der Waals surface area contributed by atoms with Crippen LogP contribution in [-0.4, -0.2) is 29.5 Å². The molecule has 4 rings (SSSR count). The van der Waals surface area contributed by atoms with Crippen LogP contribution in [-0.2, 0) is 0 Å². The van der Waals surface area contributed by atoms with Gasteiger partial charge >= 0.3 is 0 Å². The number of fused-ring (bicyclic) bond motifs is 3. The smallest absolute Gasteiger partial charge is 0.116 e. The zero-order valence-corrected chi connectivity index (χ0v) is 8.96. The molecule has 0 unspecified atom stereocenters. The highest BCUT2D eigenvalue weighted by Gasteiger charge is 2.29. The van der Waals surface area contributed by atoms with Crippen molar-refractivity contribution >= 4 is 17.4 Å². The first-order valence-corrected chi connectivity index (χ1v) is 6.12. The van der Waals surface area contributed by atoms with Crippen LogP contribution in [0.25, 0.3) is 6.08 Å². The Morgan fingerprint density at radius 1 is 1.43 bits per heavy atom. The van der Waals surface area contributed by atoms with Crippen LogP contribution in [0.1, 0.15) is 17.8 Å². The molecule has 2 nitrogen and oxygen atoms in total. The number of piperidine rings is 3. The Kier molecular flexibility index (Phi) is 2.14. The maximum atomic E-state index is 4.32. The lowest BCUT2D eigenvalue weighted by molar-refractivity contribution is 0.163. The van der Waals surface area contributed by atoms with Crippen LogP contribution < -0.4 is 0 Å². The van der Waals surface area contributed by atoms with Crippen LogP contribution in [0.2, 0.25) is 0 Å². The zero-order valence-electron chi connectivity index (χ0n) is 8.15. The largest absolute Gasteiger partial charge is 0.299 e. The van der Waals surface area contributed by atoms with Crippen molar-refractivity contribution in [3.05, 3.63) is 22.2 Å². The SMILES string of the molecule is C(=C1/CN2CCC1CC2)/c1nccs1. The fourth-order valence-electron chi connectivity index (χ4n) is 2.48. The number of thiazole rings is 1. The van der Waals surface area contributed by atoms with Crippen molar-refractivity contribution in [2.45, 2.75) is 12.8 Å². The first kappa shape index (κ1) is 8.62. The highest BCUT2D eigenvalue weighted by molar-refractivity contribution is 7.10. The van der Waals surface area contributed by atoms with E-state index in [1.54, 1.807) is 16.9 Å². The normalized spacial score (nSPS) is 33.9. The minimum Gasteiger partial charge on any atom is -0.299 e. The van der Waals surface area contributed by atoms with E-state index in [1.807, 2.05) is 11.6 Å². The molecule has 1 aromatic rings. The monoisotopic (exact) mass is 206 g/mol. The summed E-state index contributed by atoms with van der Waals surface area (Å²) < 4.78 is 0. The van der Waals surface area contributed by atoms with Crippen LogP contribution in [0.15, 0.2) is 17.2 Å². The molecule has 0 radical (unpaired) electrons. The van der Waals surface area contributed by atoms with Crippen LogP contribution in [0.3, 0.4) is 0 Å². The van der Waals surface area contributed by atoms with Crippen molar-refractivity contribution < 1.29 is 0 Å². The molecule has 14 heavy (non-hydrogen) atoms. The van der Waals surface area contributed by atoms with E-state index in [0.29, 0.717) is 0 Å². The van der Waals surface area contributed by atoms with Crippen molar-refractivity contribution in [3.63, 3.8) is 0 Å². The van der Waals surface area contributed by atoms with Crippen LogP contribution in [0.4, 0.5) is 0 Å². The Morgan fingerprint density at radius 3 is 2.86 bits per heavy atom. The summed E-state index contributed by atoms with van der Waals surface area (Å²) in [6, 6.07) is 0. The molecule has 4 heterocycles. The third kappa shape index (κ3) is 1.51. The first-order chi connectivity index (χ1) is 6.92. The van der Waals surface area contributed by atoms with Gasteiger partial charge in [0.25, 0.3) is 0 Å². The minimum atomic E-state index is 0.851. The van der Waals surface area contributed by atoms with Gasteiger partial charge in [-0.25, -0.2) is 4.98 Å². The zero-order chi connectivity index (χ0) is 9.38. The molecule has 0 amide bonds. The third-order valence-corrected chi connectivity index (χ3v) is 4.00. The molecular formula is C11H14N2S. The van der Waals surface area contributed by atoms with E-state index in [9.17, 15) is 0 Å². The summed E-state index contributed by atoms with van der Waals surface area (Å²) >= 11 is 1.74. The van der Waals surface area contributed by atoms with Gasteiger partial charge in [0, 0.05) is 18.1 Å². The topological polar surface area (TPSA) is 16.1 Å². The van der Waals surface area contributed by atoms with E-state index in [-0.39, 0.29) is 0 Å². The Balaban J connectivity index is 1.85. The van der Waals surface area contributed by atoms with E-state index in [1.165, 1.54) is 37.5 Å². The first-order valence-electron chi connectivity index (χ1n) is 5.24. The van der Waals surface area contributed by atoms with Crippen LogP contribution in [0, 0.1) is 5.92 Å². The van der Waals surface area contributed by atoms with E-state index < -0.39 is 0 Å². The molecule has 74 valence electrons. The summed E-state index contributed by atoms with van der Waals surface area (Å²) in [7, 11) is 0. The second kappa shape index (κ2) is 3.48. The number of hydrogen-bond acceptors (Lipinski definition) is 3. The Labute approximate surface area is 88.3 Å². The lowest BCUT2D eigenvalue weighted by Crippen LogP contribution is -2.42. The van der Waals surface area contributed by atoms with Crippen LogP contribution in [0.5, 0.6) is 0 Å². The molecule has 3 saturated heterocycles. The molecule has 2 bridgehead atoms. The van der Waals surface area contributed by atoms with E-state index in [4.69, 9.17) is 0 Å². The summed E-state index contributed by atoms with van der Waals surface area (Å²) in [5, 5.41) is 3.22. The maximum absolute atomic E-state index is 4.32. The van der Waals surface area contributed by atoms with Gasteiger partial charge < -0.3 is 0 Å². The predicted molar refractivity (Wildman–Crippen MR) is 59.3 cm³/mol. The van der Waals surface area contributed by atoms with Crippen molar-refractivity contribution in [3.8, 4) is 0 Å². The van der Waals surface area contributed by atoms with E-state index in [2.05, 4.69) is 16.0 Å². The summed E-state index contributed by atoms with van der Waals surface area (Å²) in [6.45, 7) is 3.80. The molecule has 0 atom stereocenters. The molecule has 3 heteroatoms. The van der Waals surface area contributed by atoms with Gasteiger partial charge in [0.15, 0.2) is 0 Å². The average molecular weight is 206 g/mol. The number of nitrogens with zero attached hydrogens (tertiary/aromatic N) is 2. The summed E-state index contributed by atoms with van der Waals surface area (Å²) in [5.41, 5.74) is 1.61. The Bertz CT molecular complexity index is 334. The van der Waals surface area contributed by atoms with Crippen molar-refractivity contribution in [2.75, 3.05) is 19.6 Å². The van der Waals surface area contributed by atoms with Crippen molar-refractivity contribution in [1.29, 1.82) is 0 Å². The van der Waals surface area contributed by atoms with Gasteiger partial charge in [0.2, 0.25) is 0 Å². The lowest BCUT2D eigenvalue weighted by Gasteiger charge is -2.40. The highest BCUT2D eigenvalue weighted by atomic mass is 32.1. The molecule has 3 aliphatic rings. The van der Waals surface area contributed by atoms with E-state index >= 15 is 0 Å². The Hall–Kier alpha value is -0.670. The van der Waals surface area contributed by atoms with Crippen molar-refractivity contribution in [2.24, 2.45) is 5.92 Å². The predicted octanol–water partition coefficient (Wildman–Crippen LogP) is 2.25. The van der Waals surface area contributed by atoms with Crippen molar-refractivity contribution in [1.82, 2.24) is 9.88 Å². The Morgan fingerprint density at radius 2 is 2.29 bits per heavy atom. The summed E-state index contributed by atoms with van der Waals surface area (Å²) in [4.78, 5) is 6.87. The second-order valence-electron chi connectivity index (χ2n) is 4.14. The number of hydrogen-bond donors (Lipinski definition) is 0. The molecule has 3 fully saturated rings. The van der Waals surface area contributed by atoms with E-state index in [0.717, 1.165) is 5.92 Å². The molecule has 0 N–H and O–H groups in total. The summed E-state index contributed by atoms with van der Waals surface area (Å²) in [5.74, 6) is 0.851. The molecule has 3 aliphatic heterocycles. The molecule has 0 saturated carbocycles. The van der Waals surface area contributed by atoms with Gasteiger partial charge in [-0.1, -0.05) is 5.57 Å². The van der Waals surface area contributed by atoms with Crippen LogP contribution >= 0.6 is 11.3 Å². The molecule has 1 aromatic heterocycles. The quantitative estimate of drug-likeness (QED) is 0.700. The van der Waals surface area contributed by atoms with Gasteiger partial charge in [-0.05, 0) is 37.9 Å². The standard InChI is InChI=1S/C11H14N2S/c1-4-13-5-2-9(1)10(8-13)7-11-12-3-6-14-11/h3,6-7,9H,1-2,4-5,8H2/b10-7+. The molecule has 0 spiro atoms. The van der Waals surface area contributed by atoms with Gasteiger partial charge in [0.1, 0.15) is 5.01 Å². The molecule has 0 aromatic carbocycles. The number of rotatable bonds is 1. The van der Waals surface area contributed by atoms with Gasteiger partial charge in [-0.15, -0.1) is 11.3 Å². The fraction of sp³-hybridized carbons (Fsp3) is 0.545.